The largest absolute Gasteiger partial charge is 0.465 e. The van der Waals surface area contributed by atoms with Gasteiger partial charge in [-0.3, -0.25) is 5.32 Å². The molecule has 4 N–H and O–H groups in total. The van der Waals surface area contributed by atoms with E-state index >= 15 is 0 Å². The minimum atomic E-state index is -1.19. The Morgan fingerprint density at radius 1 is 1.67 bits per heavy atom. The van der Waals surface area contributed by atoms with Gasteiger partial charge in [-0.15, -0.1) is 0 Å². The zero-order valence-electron chi connectivity index (χ0n) is 5.91. The molecule has 0 aliphatic heterocycles. The van der Waals surface area contributed by atoms with Crippen LogP contribution in [0.3, 0.4) is 0 Å². The van der Waals surface area contributed by atoms with Gasteiger partial charge < -0.3 is 10.8 Å². The molecular weight excluding hydrogens is 182 g/mol. The van der Waals surface area contributed by atoms with Gasteiger partial charge in [0.15, 0.2) is 0 Å². The summed E-state index contributed by atoms with van der Waals surface area (Å²) in [4.78, 5) is 13.8. The number of hydrogen-bond donors (Lipinski definition) is 3. The van der Waals surface area contributed by atoms with Crippen molar-refractivity contribution in [2.75, 3.05) is 11.1 Å². The number of nitrogens with two attached hydrogens (primary N) is 1. The number of hydrogen-bond acceptors (Lipinski definition) is 3. The van der Waals surface area contributed by atoms with Gasteiger partial charge in [-0.25, -0.2) is 9.78 Å². The summed E-state index contributed by atoms with van der Waals surface area (Å²) in [6, 6.07) is 2.89. The summed E-state index contributed by atoms with van der Waals surface area (Å²) in [6.07, 6.45) is -1.19. The van der Waals surface area contributed by atoms with E-state index in [9.17, 15) is 4.79 Å². The SMILES string of the molecule is Nc1nc(Cl)ccc1NC(=O)O. The Labute approximate surface area is 73.2 Å². The molecule has 1 rings (SSSR count). The van der Waals surface area contributed by atoms with Crippen molar-refractivity contribution in [2.24, 2.45) is 0 Å². The topological polar surface area (TPSA) is 88.2 Å². The fraction of sp³-hybridized carbons (Fsp3) is 0. The van der Waals surface area contributed by atoms with E-state index in [2.05, 4.69) is 10.3 Å². The Hall–Kier alpha value is -1.49. The molecule has 0 unspecified atom stereocenters. The van der Waals surface area contributed by atoms with Crippen LogP contribution in [0.15, 0.2) is 12.1 Å². The lowest BCUT2D eigenvalue weighted by atomic mass is 10.4. The summed E-state index contributed by atoms with van der Waals surface area (Å²) >= 11 is 5.49. The third-order valence-electron chi connectivity index (χ3n) is 1.13. The average Bonchev–Trinajstić information content (AvgIpc) is 1.94. The summed E-state index contributed by atoms with van der Waals surface area (Å²) in [6.45, 7) is 0. The summed E-state index contributed by atoms with van der Waals surface area (Å²) < 4.78 is 0. The fourth-order valence-corrected chi connectivity index (χ4v) is 0.825. The molecule has 1 aromatic heterocycles. The van der Waals surface area contributed by atoms with Gasteiger partial charge in [0.05, 0.1) is 5.69 Å². The van der Waals surface area contributed by atoms with Crippen LogP contribution in [-0.4, -0.2) is 16.2 Å². The zero-order valence-corrected chi connectivity index (χ0v) is 6.67. The van der Waals surface area contributed by atoms with Crippen LogP contribution in [0, 0.1) is 0 Å². The quantitative estimate of drug-likeness (QED) is 0.580. The minimum Gasteiger partial charge on any atom is -0.465 e. The number of pyridine rings is 1. The summed E-state index contributed by atoms with van der Waals surface area (Å²) in [5.74, 6) is 0.0601. The van der Waals surface area contributed by atoms with E-state index in [1.54, 1.807) is 0 Å². The highest BCUT2D eigenvalue weighted by Gasteiger charge is 2.03. The second-order valence-electron chi connectivity index (χ2n) is 2.00. The Morgan fingerprint density at radius 2 is 2.33 bits per heavy atom. The fourth-order valence-electron chi connectivity index (χ4n) is 0.671. The maximum absolute atomic E-state index is 10.2. The summed E-state index contributed by atoms with van der Waals surface area (Å²) in [7, 11) is 0. The van der Waals surface area contributed by atoms with Gasteiger partial charge in [-0.1, -0.05) is 11.6 Å². The lowest BCUT2D eigenvalue weighted by molar-refractivity contribution is 0.210. The zero-order chi connectivity index (χ0) is 9.14. The lowest BCUT2D eigenvalue weighted by Crippen LogP contribution is -2.09. The van der Waals surface area contributed by atoms with Crippen LogP contribution in [-0.2, 0) is 0 Å². The molecule has 0 aliphatic carbocycles. The molecule has 5 nitrogen and oxygen atoms in total. The van der Waals surface area contributed by atoms with Crippen LogP contribution in [0.2, 0.25) is 5.15 Å². The number of halogens is 1. The molecule has 0 bridgehead atoms. The molecule has 0 saturated heterocycles. The van der Waals surface area contributed by atoms with E-state index in [4.69, 9.17) is 22.4 Å². The molecule has 6 heteroatoms. The predicted molar refractivity (Wildman–Crippen MR) is 45.3 cm³/mol. The van der Waals surface area contributed by atoms with Crippen LogP contribution in [0.1, 0.15) is 0 Å². The average molecular weight is 188 g/mol. The van der Waals surface area contributed by atoms with Crippen molar-refractivity contribution in [3.05, 3.63) is 17.3 Å². The van der Waals surface area contributed by atoms with Gasteiger partial charge in [0.2, 0.25) is 0 Å². The summed E-state index contributed by atoms with van der Waals surface area (Å²) in [5.41, 5.74) is 5.58. The first kappa shape index (κ1) is 8.61. The number of amides is 1. The molecule has 0 atom stereocenters. The van der Waals surface area contributed by atoms with Crippen molar-refractivity contribution in [2.45, 2.75) is 0 Å². The van der Waals surface area contributed by atoms with E-state index in [-0.39, 0.29) is 16.7 Å². The van der Waals surface area contributed by atoms with Crippen molar-refractivity contribution in [3.8, 4) is 0 Å². The first-order valence-electron chi connectivity index (χ1n) is 3.01. The first-order chi connectivity index (χ1) is 5.59. The van der Waals surface area contributed by atoms with Crippen LogP contribution < -0.4 is 11.1 Å². The molecule has 0 aromatic carbocycles. The van der Waals surface area contributed by atoms with Crippen molar-refractivity contribution in [1.82, 2.24) is 4.98 Å². The van der Waals surface area contributed by atoms with E-state index in [1.807, 2.05) is 0 Å². The third-order valence-corrected chi connectivity index (χ3v) is 1.34. The molecule has 1 amide bonds. The molecular formula is C6H6ClN3O2. The van der Waals surface area contributed by atoms with Gasteiger partial charge in [-0.05, 0) is 12.1 Å². The number of aromatic nitrogens is 1. The smallest absolute Gasteiger partial charge is 0.409 e. The standard InChI is InChI=1S/C6H6ClN3O2/c7-4-2-1-3(5(8)10-4)9-6(11)12/h1-2,9H,(H2,8,10)(H,11,12). The summed E-state index contributed by atoms with van der Waals surface area (Å²) in [5, 5.41) is 10.6. The molecule has 0 saturated carbocycles. The Kier molecular flexibility index (Phi) is 2.35. The van der Waals surface area contributed by atoms with Crippen molar-refractivity contribution >= 4 is 29.2 Å². The number of carbonyl (C=O) groups is 1. The number of nitrogens with one attached hydrogen (secondary N) is 1. The van der Waals surface area contributed by atoms with Gasteiger partial charge in [0.25, 0.3) is 0 Å². The Bertz CT molecular complexity index is 316. The van der Waals surface area contributed by atoms with Gasteiger partial charge >= 0.3 is 6.09 Å². The lowest BCUT2D eigenvalue weighted by Gasteiger charge is -2.02. The van der Waals surface area contributed by atoms with Crippen molar-refractivity contribution in [1.29, 1.82) is 0 Å². The molecule has 1 heterocycles. The monoisotopic (exact) mass is 187 g/mol. The number of nitrogen functional groups attached to an aromatic ring is 1. The number of anilines is 2. The van der Waals surface area contributed by atoms with E-state index in [0.29, 0.717) is 0 Å². The molecule has 1 aromatic rings. The molecule has 0 aliphatic rings. The Balaban J connectivity index is 2.93. The van der Waals surface area contributed by atoms with Crippen LogP contribution >= 0.6 is 11.6 Å². The number of rotatable bonds is 1. The maximum Gasteiger partial charge on any atom is 0.409 e. The van der Waals surface area contributed by atoms with Gasteiger partial charge in [0.1, 0.15) is 11.0 Å². The van der Waals surface area contributed by atoms with Gasteiger partial charge in [0, 0.05) is 0 Å². The van der Waals surface area contributed by atoms with Crippen molar-refractivity contribution in [3.63, 3.8) is 0 Å². The van der Waals surface area contributed by atoms with E-state index < -0.39 is 6.09 Å². The van der Waals surface area contributed by atoms with Crippen LogP contribution in [0.5, 0.6) is 0 Å². The van der Waals surface area contributed by atoms with Crippen molar-refractivity contribution < 1.29 is 9.90 Å². The second kappa shape index (κ2) is 3.27. The number of carboxylic acid groups (broad SMARTS) is 1. The first-order valence-corrected chi connectivity index (χ1v) is 3.39. The third kappa shape index (κ3) is 2.00. The Morgan fingerprint density at radius 3 is 2.83 bits per heavy atom. The van der Waals surface area contributed by atoms with Crippen LogP contribution in [0.4, 0.5) is 16.3 Å². The molecule has 12 heavy (non-hydrogen) atoms. The molecule has 0 spiro atoms. The maximum atomic E-state index is 10.2. The highest BCUT2D eigenvalue weighted by molar-refractivity contribution is 6.29. The molecule has 0 fully saturated rings. The highest BCUT2D eigenvalue weighted by Crippen LogP contribution is 2.17. The molecule has 64 valence electrons. The highest BCUT2D eigenvalue weighted by atomic mass is 35.5. The molecule has 0 radical (unpaired) electrons. The normalized spacial score (nSPS) is 9.42. The number of nitrogens with zero attached hydrogens (tertiary/aromatic N) is 1. The van der Waals surface area contributed by atoms with E-state index in [1.165, 1.54) is 12.1 Å². The minimum absolute atomic E-state index is 0.0601. The predicted octanol–water partition coefficient (Wildman–Crippen LogP) is 1.41. The second-order valence-corrected chi connectivity index (χ2v) is 2.38. The van der Waals surface area contributed by atoms with Gasteiger partial charge in [-0.2, -0.15) is 0 Å². The van der Waals surface area contributed by atoms with Crippen LogP contribution in [0.25, 0.3) is 0 Å². The van der Waals surface area contributed by atoms with E-state index in [0.717, 1.165) is 0 Å².